The summed E-state index contributed by atoms with van der Waals surface area (Å²) in [6.45, 7) is 5.44. The lowest BCUT2D eigenvalue weighted by Gasteiger charge is -2.29. The summed E-state index contributed by atoms with van der Waals surface area (Å²) in [5.74, 6) is -0.825. The van der Waals surface area contributed by atoms with E-state index in [1.807, 2.05) is 36.9 Å². The molecule has 2 aromatic carbocycles. The van der Waals surface area contributed by atoms with Gasteiger partial charge < -0.3 is 10.0 Å². The smallest absolute Gasteiger partial charge is 0.355 e. The van der Waals surface area contributed by atoms with E-state index in [4.69, 9.17) is 0 Å². The van der Waals surface area contributed by atoms with Gasteiger partial charge in [-0.1, -0.05) is 24.3 Å². The zero-order valence-electron chi connectivity index (χ0n) is 18.2. The zero-order valence-corrected chi connectivity index (χ0v) is 18.2. The van der Waals surface area contributed by atoms with E-state index in [1.165, 1.54) is 16.7 Å². The van der Waals surface area contributed by atoms with Crippen molar-refractivity contribution in [2.75, 3.05) is 18.0 Å². The molecule has 2 heterocycles. The van der Waals surface area contributed by atoms with Crippen LogP contribution in [0.1, 0.15) is 46.3 Å². The number of aryl methyl sites for hydroxylation is 2. The maximum Gasteiger partial charge on any atom is 0.355 e. The summed E-state index contributed by atoms with van der Waals surface area (Å²) in [6, 6.07) is 12.0. The van der Waals surface area contributed by atoms with Crippen LogP contribution in [0.2, 0.25) is 0 Å². The van der Waals surface area contributed by atoms with Crippen molar-refractivity contribution < 1.29 is 9.90 Å². The van der Waals surface area contributed by atoms with E-state index in [2.05, 4.69) is 4.98 Å². The van der Waals surface area contributed by atoms with Gasteiger partial charge in [0, 0.05) is 13.1 Å². The predicted octanol–water partition coefficient (Wildman–Crippen LogP) is 2.75. The zero-order chi connectivity index (χ0) is 22.8. The average molecular weight is 434 g/mol. The van der Waals surface area contributed by atoms with Gasteiger partial charge in [0.1, 0.15) is 0 Å². The number of rotatable bonds is 5. The molecule has 0 spiro atoms. The lowest BCUT2D eigenvalue weighted by molar-refractivity contribution is 0.0697. The molecule has 1 aromatic heterocycles. The number of piperidine rings is 1. The fourth-order valence-electron chi connectivity index (χ4n) is 4.01. The molecule has 0 radical (unpaired) electrons. The highest BCUT2D eigenvalue weighted by atomic mass is 16.4. The van der Waals surface area contributed by atoms with Crippen molar-refractivity contribution in [2.24, 2.45) is 0 Å². The predicted molar refractivity (Wildman–Crippen MR) is 122 cm³/mol. The lowest BCUT2D eigenvalue weighted by atomic mass is 10.1. The Kier molecular flexibility index (Phi) is 5.94. The Hall–Kier alpha value is -3.68. The summed E-state index contributed by atoms with van der Waals surface area (Å²) in [7, 11) is 0. The van der Waals surface area contributed by atoms with Crippen LogP contribution in [0.4, 0.5) is 5.95 Å². The molecule has 0 unspecified atom stereocenters. The Morgan fingerprint density at radius 1 is 1.00 bits per heavy atom. The number of hydrogen-bond donors (Lipinski definition) is 1. The van der Waals surface area contributed by atoms with Gasteiger partial charge in [-0.15, -0.1) is 0 Å². The van der Waals surface area contributed by atoms with Crippen LogP contribution in [0.15, 0.2) is 52.1 Å². The monoisotopic (exact) mass is 434 g/mol. The molecule has 1 N–H and O–H groups in total. The van der Waals surface area contributed by atoms with Gasteiger partial charge in [-0.05, 0) is 68.0 Å². The van der Waals surface area contributed by atoms with Gasteiger partial charge in [0.25, 0.3) is 0 Å². The third-order valence-electron chi connectivity index (χ3n) is 5.95. The molecular weight excluding hydrogens is 408 g/mol. The Morgan fingerprint density at radius 2 is 1.75 bits per heavy atom. The number of aromatic nitrogens is 3. The Labute approximate surface area is 185 Å². The molecule has 8 nitrogen and oxygen atoms in total. The molecule has 1 aliphatic heterocycles. The van der Waals surface area contributed by atoms with Crippen molar-refractivity contribution in [3.05, 3.63) is 85.7 Å². The molecule has 0 atom stereocenters. The first-order valence-electron chi connectivity index (χ1n) is 10.7. The van der Waals surface area contributed by atoms with Crippen LogP contribution >= 0.6 is 0 Å². The molecule has 1 fully saturated rings. The Bertz CT molecular complexity index is 1290. The maximum absolute atomic E-state index is 13.6. The second kappa shape index (κ2) is 8.82. The van der Waals surface area contributed by atoms with Crippen molar-refractivity contribution in [2.45, 2.75) is 39.7 Å². The van der Waals surface area contributed by atoms with Crippen LogP contribution in [-0.4, -0.2) is 38.3 Å². The molecule has 0 amide bonds. The van der Waals surface area contributed by atoms with E-state index >= 15 is 0 Å². The summed E-state index contributed by atoms with van der Waals surface area (Å²) < 4.78 is 2.46. The number of carboxylic acid groups (broad SMARTS) is 1. The SMILES string of the molecule is Cc1ccc(Cn2c(=O)nc(N3CCCCC3)n(-c3cccc(C(=O)O)c3)c2=O)cc1C. The largest absolute Gasteiger partial charge is 0.478 e. The number of hydrogen-bond acceptors (Lipinski definition) is 5. The Morgan fingerprint density at radius 3 is 2.44 bits per heavy atom. The third-order valence-corrected chi connectivity index (χ3v) is 5.95. The number of aromatic carboxylic acids is 1. The fraction of sp³-hybridized carbons (Fsp3) is 0.333. The molecule has 0 bridgehead atoms. The summed E-state index contributed by atoms with van der Waals surface area (Å²) in [5.41, 5.74) is 2.31. The van der Waals surface area contributed by atoms with Gasteiger partial charge in [-0.3, -0.25) is 0 Å². The van der Waals surface area contributed by atoms with E-state index in [1.54, 1.807) is 12.1 Å². The number of nitrogens with zero attached hydrogens (tertiary/aromatic N) is 4. The van der Waals surface area contributed by atoms with Crippen LogP contribution in [0, 0.1) is 13.8 Å². The van der Waals surface area contributed by atoms with Crippen molar-refractivity contribution in [1.29, 1.82) is 0 Å². The number of benzene rings is 2. The number of anilines is 1. The topological polar surface area (TPSA) is 97.4 Å². The van der Waals surface area contributed by atoms with E-state index in [9.17, 15) is 19.5 Å². The van der Waals surface area contributed by atoms with E-state index < -0.39 is 17.3 Å². The van der Waals surface area contributed by atoms with Gasteiger partial charge in [-0.25, -0.2) is 23.5 Å². The quantitative estimate of drug-likeness (QED) is 0.663. The highest BCUT2D eigenvalue weighted by molar-refractivity contribution is 5.88. The van der Waals surface area contributed by atoms with Crippen molar-refractivity contribution in [3.63, 3.8) is 0 Å². The van der Waals surface area contributed by atoms with Crippen LogP contribution < -0.4 is 16.3 Å². The van der Waals surface area contributed by atoms with Gasteiger partial charge in [-0.2, -0.15) is 4.98 Å². The molecule has 3 aromatic rings. The first-order chi connectivity index (χ1) is 15.3. The van der Waals surface area contributed by atoms with Crippen molar-refractivity contribution >= 4 is 11.9 Å². The molecule has 166 valence electrons. The second-order valence-electron chi connectivity index (χ2n) is 8.22. The summed E-state index contributed by atoms with van der Waals surface area (Å²) in [4.78, 5) is 44.3. The molecule has 0 aliphatic carbocycles. The Balaban J connectivity index is 1.90. The van der Waals surface area contributed by atoms with E-state index in [-0.39, 0.29) is 18.1 Å². The van der Waals surface area contributed by atoms with Gasteiger partial charge in [0.15, 0.2) is 0 Å². The number of carbonyl (C=O) groups is 1. The molecule has 1 aliphatic rings. The fourth-order valence-corrected chi connectivity index (χ4v) is 4.01. The highest BCUT2D eigenvalue weighted by Crippen LogP contribution is 2.20. The standard InChI is InChI=1S/C24H26N4O4/c1-16-9-10-18(13-17(16)2)15-27-23(31)25-22(26-11-4-3-5-12-26)28(24(27)32)20-8-6-7-19(14-20)21(29)30/h6-10,13-14H,3-5,11-12,15H2,1-2H3,(H,29,30). The molecule has 4 rings (SSSR count). The minimum atomic E-state index is -1.09. The maximum atomic E-state index is 13.6. The van der Waals surface area contributed by atoms with Crippen LogP contribution in [0.25, 0.3) is 5.69 Å². The van der Waals surface area contributed by atoms with Crippen LogP contribution in [-0.2, 0) is 6.54 Å². The second-order valence-corrected chi connectivity index (χ2v) is 8.22. The number of carboxylic acids is 1. The highest BCUT2D eigenvalue weighted by Gasteiger charge is 2.22. The minimum absolute atomic E-state index is 0.0610. The first kappa shape index (κ1) is 21.5. The molecular formula is C24H26N4O4. The molecule has 32 heavy (non-hydrogen) atoms. The van der Waals surface area contributed by atoms with Gasteiger partial charge >= 0.3 is 17.3 Å². The van der Waals surface area contributed by atoms with E-state index in [0.29, 0.717) is 18.8 Å². The van der Waals surface area contributed by atoms with Crippen molar-refractivity contribution in [1.82, 2.24) is 14.1 Å². The average Bonchev–Trinajstić information content (AvgIpc) is 2.79. The first-order valence-corrected chi connectivity index (χ1v) is 10.7. The normalized spacial score (nSPS) is 13.9. The van der Waals surface area contributed by atoms with Crippen molar-refractivity contribution in [3.8, 4) is 5.69 Å². The molecule has 1 saturated heterocycles. The van der Waals surface area contributed by atoms with Crippen LogP contribution in [0.3, 0.4) is 0 Å². The molecule has 0 saturated carbocycles. The van der Waals surface area contributed by atoms with Crippen LogP contribution in [0.5, 0.6) is 0 Å². The summed E-state index contributed by atoms with van der Waals surface area (Å²) >= 11 is 0. The lowest BCUT2D eigenvalue weighted by Crippen LogP contribution is -2.45. The van der Waals surface area contributed by atoms with E-state index in [0.717, 1.165) is 40.5 Å². The third kappa shape index (κ3) is 4.21. The summed E-state index contributed by atoms with van der Waals surface area (Å²) in [5, 5.41) is 9.42. The molecule has 8 heteroatoms. The minimum Gasteiger partial charge on any atom is -0.478 e. The van der Waals surface area contributed by atoms with Gasteiger partial charge in [0.2, 0.25) is 5.95 Å². The van der Waals surface area contributed by atoms with Gasteiger partial charge in [0.05, 0.1) is 17.8 Å². The summed E-state index contributed by atoms with van der Waals surface area (Å²) in [6.07, 6.45) is 2.96.